The number of benzene rings is 1. The number of nitrogens with zero attached hydrogens (tertiary/aromatic N) is 2. The van der Waals surface area contributed by atoms with Crippen LogP contribution in [0.25, 0.3) is 11.1 Å². The molecular weight excluding hydrogens is 298 g/mol. The van der Waals surface area contributed by atoms with Crippen LogP contribution in [0.2, 0.25) is 0 Å². The topological polar surface area (TPSA) is 67.5 Å². The molecule has 1 saturated carbocycles. The van der Waals surface area contributed by atoms with E-state index in [-0.39, 0.29) is 11.7 Å². The van der Waals surface area contributed by atoms with Gasteiger partial charge >= 0.3 is 0 Å². The van der Waals surface area contributed by atoms with E-state index in [4.69, 9.17) is 4.42 Å². The molecule has 3 rings (SSSR count). The highest BCUT2D eigenvalue weighted by Gasteiger charge is 2.14. The number of rotatable bonds is 4. The van der Waals surface area contributed by atoms with Gasteiger partial charge in [-0.3, -0.25) is 4.79 Å². The van der Waals surface area contributed by atoms with Crippen molar-refractivity contribution in [3.8, 4) is 0 Å². The maximum atomic E-state index is 11.8. The number of oxazole rings is 1. The normalized spacial score (nSPS) is 20.4. The SMILES string of the molecule is CC1CCCC(=NNC(=O)CSc2nc3ccccc3o2)C1. The number of hydrazone groups is 1. The Hall–Kier alpha value is -1.82. The molecule has 0 bridgehead atoms. The van der Waals surface area contributed by atoms with Gasteiger partial charge in [0, 0.05) is 5.71 Å². The van der Waals surface area contributed by atoms with Crippen LogP contribution in [0.1, 0.15) is 32.6 Å². The maximum Gasteiger partial charge on any atom is 0.257 e. The van der Waals surface area contributed by atoms with Crippen molar-refractivity contribution in [1.82, 2.24) is 10.4 Å². The molecule has 0 radical (unpaired) electrons. The van der Waals surface area contributed by atoms with Crippen molar-refractivity contribution >= 4 is 34.5 Å². The van der Waals surface area contributed by atoms with E-state index in [2.05, 4.69) is 22.4 Å². The van der Waals surface area contributed by atoms with Gasteiger partial charge in [-0.15, -0.1) is 0 Å². The average molecular weight is 317 g/mol. The standard InChI is InChI=1S/C16H19N3O2S/c1-11-5-4-6-12(9-11)18-19-15(20)10-22-16-17-13-7-2-3-8-14(13)21-16/h2-3,7-8,11H,4-6,9-10H2,1H3,(H,19,20). The Labute approximate surface area is 133 Å². The molecule has 0 aliphatic heterocycles. The van der Waals surface area contributed by atoms with Gasteiger partial charge in [0.05, 0.1) is 5.75 Å². The van der Waals surface area contributed by atoms with Crippen LogP contribution in [0.15, 0.2) is 39.0 Å². The Kier molecular flexibility index (Phi) is 4.77. The zero-order chi connectivity index (χ0) is 15.4. The van der Waals surface area contributed by atoms with Gasteiger partial charge in [0.25, 0.3) is 11.1 Å². The molecule has 1 aliphatic rings. The minimum atomic E-state index is -0.127. The van der Waals surface area contributed by atoms with Gasteiger partial charge < -0.3 is 4.42 Å². The van der Waals surface area contributed by atoms with Crippen LogP contribution in [0, 0.1) is 5.92 Å². The fourth-order valence-corrected chi connectivity index (χ4v) is 3.21. The van der Waals surface area contributed by atoms with E-state index >= 15 is 0 Å². The summed E-state index contributed by atoms with van der Waals surface area (Å²) in [6.45, 7) is 2.22. The van der Waals surface area contributed by atoms with Gasteiger partial charge in [-0.2, -0.15) is 5.10 Å². The summed E-state index contributed by atoms with van der Waals surface area (Å²) < 4.78 is 5.56. The predicted octanol–water partition coefficient (Wildman–Crippen LogP) is 3.60. The molecule has 1 aromatic carbocycles. The average Bonchev–Trinajstić information content (AvgIpc) is 2.94. The van der Waals surface area contributed by atoms with Crippen molar-refractivity contribution in [2.24, 2.45) is 11.0 Å². The van der Waals surface area contributed by atoms with Crippen LogP contribution < -0.4 is 5.43 Å². The molecule has 1 aliphatic carbocycles. The van der Waals surface area contributed by atoms with Crippen molar-refractivity contribution in [3.63, 3.8) is 0 Å². The van der Waals surface area contributed by atoms with Crippen LogP contribution in [0.4, 0.5) is 0 Å². The number of para-hydroxylation sites is 2. The van der Waals surface area contributed by atoms with Crippen LogP contribution >= 0.6 is 11.8 Å². The number of hydrogen-bond donors (Lipinski definition) is 1. The lowest BCUT2D eigenvalue weighted by Crippen LogP contribution is -2.23. The zero-order valence-electron chi connectivity index (χ0n) is 12.5. The molecule has 1 heterocycles. The molecular formula is C16H19N3O2S. The molecule has 116 valence electrons. The number of aromatic nitrogens is 1. The van der Waals surface area contributed by atoms with E-state index in [0.717, 1.165) is 36.1 Å². The number of hydrogen-bond acceptors (Lipinski definition) is 5. The van der Waals surface area contributed by atoms with Crippen LogP contribution in [-0.2, 0) is 4.79 Å². The lowest BCUT2D eigenvalue weighted by atomic mass is 9.89. The third kappa shape index (κ3) is 3.88. The van der Waals surface area contributed by atoms with Crippen molar-refractivity contribution < 1.29 is 9.21 Å². The minimum Gasteiger partial charge on any atom is -0.431 e. The summed E-state index contributed by atoms with van der Waals surface area (Å²) in [5.41, 5.74) is 5.28. The molecule has 1 N–H and O–H groups in total. The van der Waals surface area contributed by atoms with E-state index < -0.39 is 0 Å². The first-order chi connectivity index (χ1) is 10.7. The second-order valence-corrected chi connectivity index (χ2v) is 6.58. The summed E-state index contributed by atoms with van der Waals surface area (Å²) in [5.74, 6) is 0.788. The highest BCUT2D eigenvalue weighted by molar-refractivity contribution is 7.99. The van der Waals surface area contributed by atoms with E-state index in [0.29, 0.717) is 11.1 Å². The van der Waals surface area contributed by atoms with E-state index in [1.165, 1.54) is 18.2 Å². The summed E-state index contributed by atoms with van der Waals surface area (Å²) in [6, 6.07) is 7.56. The molecule has 6 heteroatoms. The minimum absolute atomic E-state index is 0.127. The summed E-state index contributed by atoms with van der Waals surface area (Å²) >= 11 is 1.28. The Bertz CT molecular complexity index is 663. The van der Waals surface area contributed by atoms with Crippen LogP contribution in [-0.4, -0.2) is 22.4 Å². The summed E-state index contributed by atoms with van der Waals surface area (Å²) in [7, 11) is 0. The molecule has 1 amide bonds. The molecule has 0 spiro atoms. The second-order valence-electron chi connectivity index (χ2n) is 5.65. The number of carbonyl (C=O) groups is 1. The van der Waals surface area contributed by atoms with Crippen molar-refractivity contribution in [1.29, 1.82) is 0 Å². The Morgan fingerprint density at radius 3 is 3.18 bits per heavy atom. The zero-order valence-corrected chi connectivity index (χ0v) is 13.4. The highest BCUT2D eigenvalue weighted by Crippen LogP contribution is 2.23. The van der Waals surface area contributed by atoms with Crippen LogP contribution in [0.5, 0.6) is 0 Å². The first-order valence-electron chi connectivity index (χ1n) is 7.53. The Morgan fingerprint density at radius 2 is 2.36 bits per heavy atom. The number of amides is 1. The van der Waals surface area contributed by atoms with Gasteiger partial charge in [0.15, 0.2) is 5.58 Å². The number of carbonyl (C=O) groups excluding carboxylic acids is 1. The Balaban J connectivity index is 1.50. The molecule has 0 saturated heterocycles. The first kappa shape index (κ1) is 15.1. The number of fused-ring (bicyclic) bond motifs is 1. The van der Waals surface area contributed by atoms with E-state index in [1.54, 1.807) is 0 Å². The lowest BCUT2D eigenvalue weighted by molar-refractivity contribution is -0.118. The first-order valence-corrected chi connectivity index (χ1v) is 8.52. The maximum absolute atomic E-state index is 11.8. The quantitative estimate of drug-likeness (QED) is 0.691. The number of thioether (sulfide) groups is 1. The molecule has 5 nitrogen and oxygen atoms in total. The fraction of sp³-hybridized carbons (Fsp3) is 0.438. The largest absolute Gasteiger partial charge is 0.431 e. The van der Waals surface area contributed by atoms with Crippen LogP contribution in [0.3, 0.4) is 0 Å². The van der Waals surface area contributed by atoms with Crippen molar-refractivity contribution in [2.75, 3.05) is 5.75 Å². The van der Waals surface area contributed by atoms with Gasteiger partial charge in [0.1, 0.15) is 5.52 Å². The monoisotopic (exact) mass is 317 g/mol. The fourth-order valence-electron chi connectivity index (χ4n) is 2.58. The molecule has 22 heavy (non-hydrogen) atoms. The van der Waals surface area contributed by atoms with Gasteiger partial charge in [-0.1, -0.05) is 30.8 Å². The van der Waals surface area contributed by atoms with Gasteiger partial charge in [-0.25, -0.2) is 10.4 Å². The van der Waals surface area contributed by atoms with Gasteiger partial charge in [0.2, 0.25) is 0 Å². The third-order valence-electron chi connectivity index (χ3n) is 3.69. The number of nitrogens with one attached hydrogen (secondary N) is 1. The van der Waals surface area contributed by atoms with E-state index in [1.807, 2.05) is 24.3 Å². The molecule has 1 atom stereocenters. The van der Waals surface area contributed by atoms with Gasteiger partial charge in [-0.05, 0) is 43.7 Å². The van der Waals surface area contributed by atoms with E-state index in [9.17, 15) is 4.79 Å². The molecule has 2 aromatic rings. The summed E-state index contributed by atoms with van der Waals surface area (Å²) in [4.78, 5) is 16.2. The van der Waals surface area contributed by atoms with Crippen molar-refractivity contribution in [3.05, 3.63) is 24.3 Å². The molecule has 1 fully saturated rings. The molecule has 1 aromatic heterocycles. The Morgan fingerprint density at radius 1 is 1.50 bits per heavy atom. The lowest BCUT2D eigenvalue weighted by Gasteiger charge is -2.18. The second kappa shape index (κ2) is 6.96. The third-order valence-corrected chi connectivity index (χ3v) is 4.51. The summed E-state index contributed by atoms with van der Waals surface area (Å²) in [6.07, 6.45) is 4.38. The smallest absolute Gasteiger partial charge is 0.257 e. The highest BCUT2D eigenvalue weighted by atomic mass is 32.2. The predicted molar refractivity (Wildman–Crippen MR) is 87.9 cm³/mol. The summed E-state index contributed by atoms with van der Waals surface area (Å²) in [5, 5.41) is 4.75. The molecule has 1 unspecified atom stereocenters. The van der Waals surface area contributed by atoms with Crippen molar-refractivity contribution in [2.45, 2.75) is 37.8 Å².